The first kappa shape index (κ1) is 17.0. The van der Waals surface area contributed by atoms with Gasteiger partial charge in [0, 0.05) is 24.7 Å². The van der Waals surface area contributed by atoms with E-state index in [0.29, 0.717) is 19.4 Å². The van der Waals surface area contributed by atoms with Gasteiger partial charge in [-0.3, -0.25) is 4.79 Å². The molecule has 0 saturated heterocycles. The highest BCUT2D eigenvalue weighted by Crippen LogP contribution is 2.30. The molecule has 1 aliphatic heterocycles. The zero-order valence-corrected chi connectivity index (χ0v) is 14.2. The number of carbonyl (C=O) groups is 1. The summed E-state index contributed by atoms with van der Waals surface area (Å²) >= 11 is 0. The van der Waals surface area contributed by atoms with Crippen LogP contribution in [0.5, 0.6) is 0 Å². The van der Waals surface area contributed by atoms with Gasteiger partial charge in [-0.05, 0) is 43.5 Å². The maximum atomic E-state index is 12.4. The fourth-order valence-corrected chi connectivity index (χ4v) is 4.15. The van der Waals surface area contributed by atoms with Crippen molar-refractivity contribution in [2.75, 3.05) is 11.4 Å². The molecule has 5 nitrogen and oxygen atoms in total. The molecule has 0 aliphatic carbocycles. The molecular weight excluding hydrogens is 300 g/mol. The molecule has 1 aromatic rings. The number of carbonyl (C=O) groups excluding carboxylic acids is 1. The van der Waals surface area contributed by atoms with Crippen LogP contribution in [0.25, 0.3) is 0 Å². The van der Waals surface area contributed by atoms with Crippen LogP contribution in [-0.2, 0) is 21.2 Å². The molecule has 1 aromatic carbocycles. The molecule has 122 valence electrons. The number of nitrogens with zero attached hydrogens (tertiary/aromatic N) is 1. The maximum Gasteiger partial charge on any atom is 0.240 e. The predicted octanol–water partition coefficient (Wildman–Crippen LogP) is 2.45. The van der Waals surface area contributed by atoms with Crippen molar-refractivity contribution in [1.82, 2.24) is 4.72 Å². The summed E-state index contributed by atoms with van der Waals surface area (Å²) < 4.78 is 27.5. The van der Waals surface area contributed by atoms with E-state index in [9.17, 15) is 13.2 Å². The lowest BCUT2D eigenvalue weighted by Gasteiger charge is -2.17. The summed E-state index contributed by atoms with van der Waals surface area (Å²) in [4.78, 5) is 13.9. The summed E-state index contributed by atoms with van der Waals surface area (Å²) in [7, 11) is -3.50. The number of amides is 1. The lowest BCUT2D eigenvalue weighted by molar-refractivity contribution is -0.118. The van der Waals surface area contributed by atoms with Crippen molar-refractivity contribution in [3.63, 3.8) is 0 Å². The van der Waals surface area contributed by atoms with Crippen LogP contribution < -0.4 is 9.62 Å². The van der Waals surface area contributed by atoms with Crippen LogP contribution in [0, 0.1) is 0 Å². The summed E-state index contributed by atoms with van der Waals surface area (Å²) in [6.45, 7) is 6.36. The van der Waals surface area contributed by atoms with Crippen LogP contribution >= 0.6 is 0 Å². The Balaban J connectivity index is 2.24. The number of fused-ring (bicyclic) bond motifs is 1. The Bertz CT molecular complexity index is 655. The second-order valence-electron chi connectivity index (χ2n) is 5.75. The highest BCUT2D eigenvalue weighted by Gasteiger charge is 2.26. The second-order valence-corrected chi connectivity index (χ2v) is 7.46. The molecule has 0 unspecified atom stereocenters. The molecule has 22 heavy (non-hydrogen) atoms. The van der Waals surface area contributed by atoms with Crippen LogP contribution in [-0.4, -0.2) is 26.9 Å². The third kappa shape index (κ3) is 3.50. The van der Waals surface area contributed by atoms with Gasteiger partial charge in [0.05, 0.1) is 4.90 Å². The van der Waals surface area contributed by atoms with Gasteiger partial charge in [0.25, 0.3) is 0 Å². The molecule has 0 radical (unpaired) electrons. The normalized spacial score (nSPS) is 15.7. The van der Waals surface area contributed by atoms with Crippen molar-refractivity contribution in [1.29, 1.82) is 0 Å². The van der Waals surface area contributed by atoms with Gasteiger partial charge in [-0.25, -0.2) is 13.1 Å². The lowest BCUT2D eigenvalue weighted by atomic mass is 10.2. The number of hydrogen-bond acceptors (Lipinski definition) is 3. The second kappa shape index (κ2) is 6.79. The minimum atomic E-state index is -3.50. The van der Waals surface area contributed by atoms with Crippen molar-refractivity contribution in [2.24, 2.45) is 0 Å². The number of anilines is 1. The van der Waals surface area contributed by atoms with Crippen molar-refractivity contribution in [2.45, 2.75) is 57.4 Å². The van der Waals surface area contributed by atoms with E-state index in [4.69, 9.17) is 0 Å². The van der Waals surface area contributed by atoms with Crippen LogP contribution in [0.3, 0.4) is 0 Å². The van der Waals surface area contributed by atoms with Crippen LogP contribution in [0.15, 0.2) is 23.1 Å². The van der Waals surface area contributed by atoms with Gasteiger partial charge in [0.15, 0.2) is 0 Å². The molecule has 0 saturated carbocycles. The van der Waals surface area contributed by atoms with E-state index in [-0.39, 0.29) is 16.8 Å². The Hall–Kier alpha value is -1.40. The number of nitrogens with one attached hydrogen (secondary N) is 1. The molecule has 1 heterocycles. The van der Waals surface area contributed by atoms with Gasteiger partial charge in [-0.15, -0.1) is 0 Å². The van der Waals surface area contributed by atoms with E-state index >= 15 is 0 Å². The number of rotatable bonds is 6. The Labute approximate surface area is 132 Å². The Kier molecular flexibility index (Phi) is 5.24. The standard InChI is InChI=1S/C16H24N2O3S/c1-4-6-12(3)17-22(20,21)14-7-8-15-13(11-14)9-10-18(15)16(19)5-2/h7-8,11-12,17H,4-6,9-10H2,1-3H3/t12-/m0/s1. The van der Waals surface area contributed by atoms with Crippen molar-refractivity contribution in [3.05, 3.63) is 23.8 Å². The molecule has 1 N–H and O–H groups in total. The number of hydrogen-bond donors (Lipinski definition) is 1. The van der Waals surface area contributed by atoms with E-state index in [0.717, 1.165) is 24.1 Å². The topological polar surface area (TPSA) is 66.5 Å². The minimum absolute atomic E-state index is 0.0732. The Morgan fingerprint density at radius 2 is 2.09 bits per heavy atom. The molecular formula is C16H24N2O3S. The number of sulfonamides is 1. The molecule has 0 bridgehead atoms. The quantitative estimate of drug-likeness (QED) is 0.874. The third-order valence-corrected chi connectivity index (χ3v) is 5.53. The van der Waals surface area contributed by atoms with E-state index in [1.165, 1.54) is 0 Å². The van der Waals surface area contributed by atoms with Crippen LogP contribution in [0.1, 0.15) is 45.6 Å². The minimum Gasteiger partial charge on any atom is -0.312 e. The average molecular weight is 324 g/mol. The number of benzene rings is 1. The molecule has 0 aromatic heterocycles. The smallest absolute Gasteiger partial charge is 0.240 e. The molecule has 0 spiro atoms. The molecule has 0 fully saturated rings. The van der Waals surface area contributed by atoms with E-state index in [1.807, 2.05) is 20.8 Å². The van der Waals surface area contributed by atoms with E-state index in [2.05, 4.69) is 4.72 Å². The molecule has 1 amide bonds. The van der Waals surface area contributed by atoms with Gasteiger partial charge in [-0.1, -0.05) is 20.3 Å². The van der Waals surface area contributed by atoms with Gasteiger partial charge in [0.2, 0.25) is 15.9 Å². The first-order valence-corrected chi connectivity index (χ1v) is 9.33. The van der Waals surface area contributed by atoms with Gasteiger partial charge in [0.1, 0.15) is 0 Å². The first-order valence-electron chi connectivity index (χ1n) is 7.84. The largest absolute Gasteiger partial charge is 0.312 e. The Morgan fingerprint density at radius 3 is 2.73 bits per heavy atom. The zero-order valence-electron chi connectivity index (χ0n) is 13.4. The maximum absolute atomic E-state index is 12.4. The molecule has 2 rings (SSSR count). The third-order valence-electron chi connectivity index (χ3n) is 3.94. The van der Waals surface area contributed by atoms with E-state index < -0.39 is 10.0 Å². The summed E-state index contributed by atoms with van der Waals surface area (Å²) in [5.41, 5.74) is 1.76. The van der Waals surface area contributed by atoms with Crippen molar-refractivity contribution >= 4 is 21.6 Å². The molecule has 1 atom stereocenters. The highest BCUT2D eigenvalue weighted by atomic mass is 32.2. The summed E-state index contributed by atoms with van der Waals surface area (Å²) in [5.74, 6) is 0.0732. The predicted molar refractivity (Wildman–Crippen MR) is 87.5 cm³/mol. The highest BCUT2D eigenvalue weighted by molar-refractivity contribution is 7.89. The van der Waals surface area contributed by atoms with Gasteiger partial charge < -0.3 is 4.90 Å². The lowest BCUT2D eigenvalue weighted by Crippen LogP contribution is -2.32. The van der Waals surface area contributed by atoms with Gasteiger partial charge in [-0.2, -0.15) is 0 Å². The zero-order chi connectivity index (χ0) is 16.3. The SMILES string of the molecule is CCC[C@H](C)NS(=O)(=O)c1ccc2c(c1)CCN2C(=O)CC. The molecule has 6 heteroatoms. The fourth-order valence-electron chi connectivity index (χ4n) is 2.82. The Morgan fingerprint density at radius 1 is 1.36 bits per heavy atom. The van der Waals surface area contributed by atoms with Crippen LogP contribution in [0.4, 0.5) is 5.69 Å². The fraction of sp³-hybridized carbons (Fsp3) is 0.562. The van der Waals surface area contributed by atoms with Crippen LogP contribution in [0.2, 0.25) is 0 Å². The summed E-state index contributed by atoms with van der Waals surface area (Å²) in [5, 5.41) is 0. The van der Waals surface area contributed by atoms with Gasteiger partial charge >= 0.3 is 0 Å². The summed E-state index contributed by atoms with van der Waals surface area (Å²) in [6, 6.07) is 4.94. The summed E-state index contributed by atoms with van der Waals surface area (Å²) in [6.07, 6.45) is 2.90. The van der Waals surface area contributed by atoms with Crippen molar-refractivity contribution < 1.29 is 13.2 Å². The monoisotopic (exact) mass is 324 g/mol. The van der Waals surface area contributed by atoms with E-state index in [1.54, 1.807) is 23.1 Å². The molecule has 1 aliphatic rings. The van der Waals surface area contributed by atoms with Crippen molar-refractivity contribution in [3.8, 4) is 0 Å². The first-order chi connectivity index (χ1) is 10.4. The average Bonchev–Trinajstić information content (AvgIpc) is 2.89.